The van der Waals surface area contributed by atoms with Crippen molar-refractivity contribution in [3.05, 3.63) is 59.2 Å². The van der Waals surface area contributed by atoms with Crippen molar-refractivity contribution in [1.29, 1.82) is 0 Å². The molecule has 0 bridgehead atoms. The first-order valence-corrected chi connectivity index (χ1v) is 13.5. The molecule has 0 aliphatic heterocycles. The zero-order valence-corrected chi connectivity index (χ0v) is 21.9. The minimum atomic E-state index is -3.78. The summed E-state index contributed by atoms with van der Waals surface area (Å²) in [5.41, 5.74) is 2.00. The third-order valence-corrected chi connectivity index (χ3v) is 8.09. The monoisotopic (exact) mass is 501 g/mol. The van der Waals surface area contributed by atoms with Crippen molar-refractivity contribution >= 4 is 27.6 Å². The Labute approximate surface area is 208 Å². The minimum absolute atomic E-state index is 0.158. The maximum Gasteiger partial charge on any atom is 0.344 e. The first-order valence-electron chi connectivity index (χ1n) is 12.0. The smallest absolute Gasteiger partial charge is 0.344 e. The predicted octanol–water partition coefficient (Wildman–Crippen LogP) is 5.27. The van der Waals surface area contributed by atoms with Crippen LogP contribution in [0.1, 0.15) is 61.5 Å². The van der Waals surface area contributed by atoms with Gasteiger partial charge >= 0.3 is 11.9 Å². The first kappa shape index (κ1) is 26.7. The van der Waals surface area contributed by atoms with E-state index in [1.54, 1.807) is 19.1 Å². The molecule has 35 heavy (non-hydrogen) atoms. The highest BCUT2D eigenvalue weighted by Gasteiger charge is 2.33. The van der Waals surface area contributed by atoms with Gasteiger partial charge in [-0.15, -0.1) is 0 Å². The molecule has 3 atom stereocenters. The molecule has 2 aromatic carbocycles. The lowest BCUT2D eigenvalue weighted by Gasteiger charge is -2.36. The number of benzene rings is 2. The number of esters is 2. The second kappa shape index (κ2) is 11.2. The lowest BCUT2D eigenvalue weighted by Crippen LogP contribution is -2.36. The predicted molar refractivity (Wildman–Crippen MR) is 135 cm³/mol. The molecule has 2 aromatic rings. The Morgan fingerprint density at radius 3 is 2.40 bits per heavy atom. The molecule has 0 radical (unpaired) electrons. The van der Waals surface area contributed by atoms with Crippen LogP contribution in [0.4, 0.5) is 5.69 Å². The second-order valence-corrected chi connectivity index (χ2v) is 11.5. The van der Waals surface area contributed by atoms with Gasteiger partial charge in [0.1, 0.15) is 6.10 Å². The lowest BCUT2D eigenvalue weighted by molar-refractivity contribution is -0.159. The van der Waals surface area contributed by atoms with Crippen molar-refractivity contribution in [2.24, 2.45) is 17.8 Å². The van der Waals surface area contributed by atoms with E-state index in [0.717, 1.165) is 24.8 Å². The number of ether oxygens (including phenoxy) is 2. The number of nitrogens with one attached hydrogen (secondary N) is 1. The van der Waals surface area contributed by atoms with Crippen LogP contribution in [0.2, 0.25) is 0 Å². The van der Waals surface area contributed by atoms with Crippen molar-refractivity contribution in [3.63, 3.8) is 0 Å². The molecule has 0 spiro atoms. The minimum Gasteiger partial charge on any atom is -0.460 e. The number of anilines is 1. The van der Waals surface area contributed by atoms with E-state index >= 15 is 0 Å². The van der Waals surface area contributed by atoms with Gasteiger partial charge in [0.15, 0.2) is 6.61 Å². The van der Waals surface area contributed by atoms with Crippen LogP contribution in [0.5, 0.6) is 0 Å². The molecular weight excluding hydrogens is 466 g/mol. The van der Waals surface area contributed by atoms with Crippen molar-refractivity contribution in [1.82, 2.24) is 0 Å². The number of sulfonamides is 1. The molecule has 1 N–H and O–H groups in total. The third-order valence-electron chi connectivity index (χ3n) is 6.57. The fraction of sp³-hybridized carbons (Fsp3) is 0.481. The van der Waals surface area contributed by atoms with E-state index in [4.69, 9.17) is 9.47 Å². The van der Waals surface area contributed by atoms with Crippen molar-refractivity contribution in [2.45, 2.75) is 64.9 Å². The molecular formula is C27H35NO6S. The van der Waals surface area contributed by atoms with Crippen molar-refractivity contribution < 1.29 is 27.5 Å². The molecule has 190 valence electrons. The Hall–Kier alpha value is -2.87. The Balaban J connectivity index is 1.56. The molecule has 1 saturated carbocycles. The number of rotatable bonds is 8. The lowest BCUT2D eigenvalue weighted by atomic mass is 9.75. The number of hydrogen-bond donors (Lipinski definition) is 1. The van der Waals surface area contributed by atoms with Crippen LogP contribution in [0, 0.1) is 31.6 Å². The molecule has 1 aliphatic carbocycles. The van der Waals surface area contributed by atoms with Crippen LogP contribution in [0.3, 0.4) is 0 Å². The molecule has 8 heteroatoms. The summed E-state index contributed by atoms with van der Waals surface area (Å²) in [7, 11) is -3.78. The van der Waals surface area contributed by atoms with Gasteiger partial charge in [-0.05, 0) is 85.9 Å². The van der Waals surface area contributed by atoms with E-state index in [9.17, 15) is 18.0 Å². The van der Waals surface area contributed by atoms with E-state index in [2.05, 4.69) is 25.5 Å². The third kappa shape index (κ3) is 7.07. The van der Waals surface area contributed by atoms with Crippen LogP contribution in [-0.2, 0) is 24.3 Å². The molecule has 0 aromatic heterocycles. The second-order valence-electron chi connectivity index (χ2n) is 9.88. The maximum atomic E-state index is 12.8. The Morgan fingerprint density at radius 1 is 1.06 bits per heavy atom. The average molecular weight is 502 g/mol. The molecule has 0 amide bonds. The number of carbonyl (C=O) groups excluding carboxylic acids is 2. The zero-order chi connectivity index (χ0) is 25.8. The van der Waals surface area contributed by atoms with Gasteiger partial charge in [-0.2, -0.15) is 0 Å². The van der Waals surface area contributed by atoms with E-state index < -0.39 is 28.6 Å². The average Bonchev–Trinajstić information content (AvgIpc) is 2.79. The maximum absolute atomic E-state index is 12.8. The summed E-state index contributed by atoms with van der Waals surface area (Å²) in [6.07, 6.45) is 2.81. The molecule has 0 saturated heterocycles. The fourth-order valence-corrected chi connectivity index (χ4v) is 5.93. The Kier molecular flexibility index (Phi) is 8.59. The first-order chi connectivity index (χ1) is 16.5. The van der Waals surface area contributed by atoms with Gasteiger partial charge in [0, 0.05) is 5.69 Å². The van der Waals surface area contributed by atoms with E-state index in [1.165, 1.54) is 24.3 Å². The van der Waals surface area contributed by atoms with E-state index in [1.807, 2.05) is 13.0 Å². The Morgan fingerprint density at radius 2 is 1.74 bits per heavy atom. The Bertz CT molecular complexity index is 1160. The van der Waals surface area contributed by atoms with Crippen LogP contribution >= 0.6 is 0 Å². The van der Waals surface area contributed by atoms with Crippen molar-refractivity contribution in [3.8, 4) is 0 Å². The standard InChI is InChI=1S/C27H35NO6S/c1-17(2)23-13-7-18(3)14-24(23)34-26(29)16-33-27(30)21-9-11-22(12-10-21)28-35(31,32)25-15-19(4)6-8-20(25)5/h6,8-12,15,17-18,23-24,28H,7,13-14,16H2,1-5H3/t18-,23+,24+/m1/s1. The molecule has 0 unspecified atom stereocenters. The highest BCUT2D eigenvalue weighted by molar-refractivity contribution is 7.92. The van der Waals surface area contributed by atoms with E-state index in [-0.39, 0.29) is 16.6 Å². The van der Waals surface area contributed by atoms with Crippen LogP contribution < -0.4 is 4.72 Å². The number of aryl methyl sites for hydroxylation is 2. The van der Waals surface area contributed by atoms with Gasteiger partial charge in [0.2, 0.25) is 0 Å². The molecule has 1 fully saturated rings. The molecule has 3 rings (SSSR count). The van der Waals surface area contributed by atoms with Crippen LogP contribution in [0.25, 0.3) is 0 Å². The summed E-state index contributed by atoms with van der Waals surface area (Å²) in [6, 6.07) is 11.1. The summed E-state index contributed by atoms with van der Waals surface area (Å²) in [5, 5.41) is 0. The normalized spacial score (nSPS) is 20.3. The van der Waals surface area contributed by atoms with Gasteiger partial charge in [-0.25, -0.2) is 18.0 Å². The van der Waals surface area contributed by atoms with Gasteiger partial charge in [-0.1, -0.05) is 39.3 Å². The summed E-state index contributed by atoms with van der Waals surface area (Å²) in [4.78, 5) is 24.9. The van der Waals surface area contributed by atoms with Crippen molar-refractivity contribution in [2.75, 3.05) is 11.3 Å². The highest BCUT2D eigenvalue weighted by atomic mass is 32.2. The largest absolute Gasteiger partial charge is 0.460 e. The summed E-state index contributed by atoms with van der Waals surface area (Å²) in [6.45, 7) is 9.52. The van der Waals surface area contributed by atoms with Gasteiger partial charge < -0.3 is 9.47 Å². The fourth-order valence-electron chi connectivity index (χ4n) is 4.54. The highest BCUT2D eigenvalue weighted by Crippen LogP contribution is 2.35. The molecule has 7 nitrogen and oxygen atoms in total. The van der Waals surface area contributed by atoms with Crippen LogP contribution in [-0.4, -0.2) is 33.1 Å². The SMILES string of the molecule is Cc1ccc(C)c(S(=O)(=O)Nc2ccc(C(=O)OCC(=O)O[C@H]3C[C@H](C)CC[C@H]3C(C)C)cc2)c1. The summed E-state index contributed by atoms with van der Waals surface area (Å²) < 4.78 is 38.9. The zero-order valence-electron chi connectivity index (χ0n) is 21.0. The quantitative estimate of drug-likeness (QED) is 0.495. The molecule has 1 aliphatic rings. The van der Waals surface area contributed by atoms with Gasteiger partial charge in [0.25, 0.3) is 10.0 Å². The molecule has 0 heterocycles. The summed E-state index contributed by atoms with van der Waals surface area (Å²) >= 11 is 0. The van der Waals surface area contributed by atoms with Gasteiger partial charge in [0.05, 0.1) is 10.5 Å². The van der Waals surface area contributed by atoms with E-state index in [0.29, 0.717) is 29.0 Å². The topological polar surface area (TPSA) is 98.8 Å². The number of hydrogen-bond acceptors (Lipinski definition) is 6. The van der Waals surface area contributed by atoms with Crippen LogP contribution in [0.15, 0.2) is 47.4 Å². The number of carbonyl (C=O) groups is 2. The summed E-state index contributed by atoms with van der Waals surface area (Å²) in [5.74, 6) is -0.0141. The van der Waals surface area contributed by atoms with Gasteiger partial charge in [-0.3, -0.25) is 4.72 Å².